The molecule has 5 heteroatoms. The summed E-state index contributed by atoms with van der Waals surface area (Å²) in [5, 5.41) is 3.28. The van der Waals surface area contributed by atoms with Gasteiger partial charge >= 0.3 is 0 Å². The average Bonchev–Trinajstić information content (AvgIpc) is 2.38. The predicted molar refractivity (Wildman–Crippen MR) is 71.2 cm³/mol. The van der Waals surface area contributed by atoms with Crippen LogP contribution >= 0.6 is 11.6 Å². The van der Waals surface area contributed by atoms with Crippen molar-refractivity contribution in [3.8, 4) is 5.75 Å². The lowest BCUT2D eigenvalue weighted by molar-refractivity contribution is 0.0946. The van der Waals surface area contributed by atoms with E-state index in [2.05, 4.69) is 11.9 Å². The number of hydrogen-bond donors (Lipinski definition) is 2. The summed E-state index contributed by atoms with van der Waals surface area (Å²) < 4.78 is 5.55. The van der Waals surface area contributed by atoms with E-state index in [-0.39, 0.29) is 5.91 Å². The molecule has 0 aliphatic carbocycles. The van der Waals surface area contributed by atoms with Crippen molar-refractivity contribution in [3.05, 3.63) is 40.4 Å². The number of ether oxygens (including phenoxy) is 1. The molecule has 0 bridgehead atoms. The number of hydrogen-bond acceptors (Lipinski definition) is 3. The molecule has 0 saturated heterocycles. The van der Waals surface area contributed by atoms with Gasteiger partial charge in [0.25, 0.3) is 5.91 Å². The van der Waals surface area contributed by atoms with Crippen molar-refractivity contribution in [2.45, 2.75) is 6.42 Å². The number of carbonyl (C=O) groups is 1. The molecular weight excluding hydrogens is 252 g/mol. The largest absolute Gasteiger partial charge is 0.488 e. The summed E-state index contributed by atoms with van der Waals surface area (Å²) in [7, 11) is 0. The summed E-state index contributed by atoms with van der Waals surface area (Å²) >= 11 is 6.25. The first kappa shape index (κ1) is 12.9. The normalized spacial score (nSPS) is 13.8. The minimum atomic E-state index is -0.0870. The van der Waals surface area contributed by atoms with E-state index >= 15 is 0 Å². The van der Waals surface area contributed by atoms with E-state index < -0.39 is 0 Å². The van der Waals surface area contributed by atoms with Gasteiger partial charge in [0, 0.05) is 18.7 Å². The lowest BCUT2D eigenvalue weighted by atomic mass is 10.00. The average molecular weight is 267 g/mol. The molecule has 1 aliphatic heterocycles. The first-order valence-corrected chi connectivity index (χ1v) is 6.10. The van der Waals surface area contributed by atoms with Gasteiger partial charge < -0.3 is 15.8 Å². The maximum atomic E-state index is 11.6. The Balaban J connectivity index is 2.23. The van der Waals surface area contributed by atoms with Crippen molar-refractivity contribution in [2.75, 3.05) is 19.7 Å². The highest BCUT2D eigenvalue weighted by Crippen LogP contribution is 2.32. The topological polar surface area (TPSA) is 64.3 Å². The molecule has 3 N–H and O–H groups in total. The zero-order valence-electron chi connectivity index (χ0n) is 9.96. The molecule has 0 radical (unpaired) electrons. The van der Waals surface area contributed by atoms with Crippen LogP contribution < -0.4 is 15.8 Å². The standard InChI is InChI=1S/C13H15ClN2O2/c1-8(6-15)7-18-11-3-2-10-9(12(11)14)4-5-16-13(10)17/h2-3H,1,4-7,15H2,(H,16,17). The Hall–Kier alpha value is -1.52. The van der Waals surface area contributed by atoms with Crippen molar-refractivity contribution in [1.82, 2.24) is 5.32 Å². The molecule has 0 aromatic heterocycles. The summed E-state index contributed by atoms with van der Waals surface area (Å²) in [5.41, 5.74) is 7.70. The van der Waals surface area contributed by atoms with Gasteiger partial charge in [-0.3, -0.25) is 4.79 Å². The molecule has 1 aromatic carbocycles. The van der Waals surface area contributed by atoms with Crippen LogP contribution in [0.2, 0.25) is 5.02 Å². The van der Waals surface area contributed by atoms with Crippen LogP contribution in [0.1, 0.15) is 15.9 Å². The fourth-order valence-corrected chi connectivity index (χ4v) is 2.12. The smallest absolute Gasteiger partial charge is 0.251 e. The van der Waals surface area contributed by atoms with E-state index in [1.807, 2.05) is 0 Å². The lowest BCUT2D eigenvalue weighted by Gasteiger charge is -2.19. The monoisotopic (exact) mass is 266 g/mol. The van der Waals surface area contributed by atoms with Gasteiger partial charge in [0.05, 0.1) is 5.02 Å². The molecule has 0 unspecified atom stereocenters. The maximum absolute atomic E-state index is 11.6. The Bertz CT molecular complexity index is 500. The summed E-state index contributed by atoms with van der Waals surface area (Å²) in [5.74, 6) is 0.482. The van der Waals surface area contributed by atoms with E-state index in [4.69, 9.17) is 22.1 Å². The first-order chi connectivity index (χ1) is 8.63. The fourth-order valence-electron chi connectivity index (χ4n) is 1.80. The Morgan fingerprint density at radius 2 is 2.33 bits per heavy atom. The number of carbonyl (C=O) groups excluding carboxylic acids is 1. The Kier molecular flexibility index (Phi) is 3.89. The van der Waals surface area contributed by atoms with Crippen LogP contribution in [0, 0.1) is 0 Å². The van der Waals surface area contributed by atoms with E-state index in [0.29, 0.717) is 36.0 Å². The van der Waals surface area contributed by atoms with E-state index in [1.165, 1.54) is 0 Å². The SMILES string of the molecule is C=C(CN)COc1ccc2c(c1Cl)CCNC2=O. The fraction of sp³-hybridized carbons (Fsp3) is 0.308. The van der Waals surface area contributed by atoms with Crippen LogP contribution in [0.5, 0.6) is 5.75 Å². The number of amides is 1. The van der Waals surface area contributed by atoms with Crippen LogP contribution in [-0.4, -0.2) is 25.6 Å². The number of halogens is 1. The first-order valence-electron chi connectivity index (χ1n) is 5.72. The quantitative estimate of drug-likeness (QED) is 0.812. The third-order valence-corrected chi connectivity index (χ3v) is 3.25. The lowest BCUT2D eigenvalue weighted by Crippen LogP contribution is -2.32. The Morgan fingerprint density at radius 1 is 1.56 bits per heavy atom. The highest BCUT2D eigenvalue weighted by atomic mass is 35.5. The van der Waals surface area contributed by atoms with Crippen LogP contribution in [0.3, 0.4) is 0 Å². The van der Waals surface area contributed by atoms with Crippen LogP contribution in [0.15, 0.2) is 24.3 Å². The van der Waals surface area contributed by atoms with Crippen LogP contribution in [0.4, 0.5) is 0 Å². The zero-order valence-corrected chi connectivity index (χ0v) is 10.7. The molecular formula is C13H15ClN2O2. The number of fused-ring (bicyclic) bond motifs is 1. The van der Waals surface area contributed by atoms with Gasteiger partial charge in [0.1, 0.15) is 12.4 Å². The van der Waals surface area contributed by atoms with Crippen molar-refractivity contribution in [2.24, 2.45) is 5.73 Å². The second-order valence-electron chi connectivity index (χ2n) is 4.15. The van der Waals surface area contributed by atoms with E-state index in [9.17, 15) is 4.79 Å². The second kappa shape index (κ2) is 5.42. The maximum Gasteiger partial charge on any atom is 0.251 e. The van der Waals surface area contributed by atoms with Gasteiger partial charge in [-0.25, -0.2) is 0 Å². The molecule has 4 nitrogen and oxygen atoms in total. The number of benzene rings is 1. The summed E-state index contributed by atoms with van der Waals surface area (Å²) in [6, 6.07) is 3.44. The summed E-state index contributed by atoms with van der Waals surface area (Å²) in [4.78, 5) is 11.6. The summed E-state index contributed by atoms with van der Waals surface area (Å²) in [6.45, 7) is 5.08. The molecule has 96 valence electrons. The molecule has 0 fully saturated rings. The van der Waals surface area contributed by atoms with Crippen molar-refractivity contribution < 1.29 is 9.53 Å². The highest BCUT2D eigenvalue weighted by molar-refractivity contribution is 6.33. The third kappa shape index (κ3) is 2.49. The molecule has 1 aromatic rings. The van der Waals surface area contributed by atoms with Gasteiger partial charge in [-0.1, -0.05) is 18.2 Å². The van der Waals surface area contributed by atoms with Gasteiger partial charge in [-0.15, -0.1) is 0 Å². The zero-order chi connectivity index (χ0) is 13.1. The molecule has 2 rings (SSSR count). The summed E-state index contributed by atoms with van der Waals surface area (Å²) in [6.07, 6.45) is 0.717. The Morgan fingerprint density at radius 3 is 3.06 bits per heavy atom. The third-order valence-electron chi connectivity index (χ3n) is 2.83. The molecule has 1 heterocycles. The van der Waals surface area contributed by atoms with Crippen LogP contribution in [-0.2, 0) is 6.42 Å². The van der Waals surface area contributed by atoms with Crippen LogP contribution in [0.25, 0.3) is 0 Å². The minimum Gasteiger partial charge on any atom is -0.488 e. The van der Waals surface area contributed by atoms with Gasteiger partial charge in [0.2, 0.25) is 0 Å². The number of nitrogens with two attached hydrogens (primary N) is 1. The molecule has 1 aliphatic rings. The number of nitrogens with one attached hydrogen (secondary N) is 1. The highest BCUT2D eigenvalue weighted by Gasteiger charge is 2.21. The van der Waals surface area contributed by atoms with Crippen molar-refractivity contribution in [3.63, 3.8) is 0 Å². The minimum absolute atomic E-state index is 0.0870. The van der Waals surface area contributed by atoms with Gasteiger partial charge in [0.15, 0.2) is 0 Å². The molecule has 0 saturated carbocycles. The molecule has 0 spiro atoms. The van der Waals surface area contributed by atoms with Gasteiger partial charge in [-0.05, 0) is 29.7 Å². The van der Waals surface area contributed by atoms with Gasteiger partial charge in [-0.2, -0.15) is 0 Å². The number of rotatable bonds is 4. The molecule has 18 heavy (non-hydrogen) atoms. The second-order valence-corrected chi connectivity index (χ2v) is 4.53. The Labute approximate surface area is 111 Å². The van der Waals surface area contributed by atoms with E-state index in [1.54, 1.807) is 12.1 Å². The van der Waals surface area contributed by atoms with E-state index in [0.717, 1.165) is 17.6 Å². The van der Waals surface area contributed by atoms with Crippen molar-refractivity contribution in [1.29, 1.82) is 0 Å². The molecule has 0 atom stereocenters. The molecule has 1 amide bonds. The predicted octanol–water partition coefficient (Wildman–Crippen LogP) is 1.52. The van der Waals surface area contributed by atoms with Crippen molar-refractivity contribution >= 4 is 17.5 Å².